The molecule has 0 saturated carbocycles. The van der Waals surface area contributed by atoms with Gasteiger partial charge < -0.3 is 5.11 Å². The number of rotatable bonds is 4. The maximum absolute atomic E-state index is 10.0. The Bertz CT molecular complexity index is 114. The second-order valence-electron chi connectivity index (χ2n) is 2.56. The molecule has 0 saturated heterocycles. The summed E-state index contributed by atoms with van der Waals surface area (Å²) in [7, 11) is 0. The van der Waals surface area contributed by atoms with Crippen molar-refractivity contribution < 1.29 is 10.0 Å². The zero-order valence-corrected chi connectivity index (χ0v) is 6.28. The summed E-state index contributed by atoms with van der Waals surface area (Å²) in [5.41, 5.74) is 0. The molecule has 0 aliphatic heterocycles. The summed E-state index contributed by atoms with van der Waals surface area (Å²) in [5.74, 6) is 0. The lowest BCUT2D eigenvalue weighted by Gasteiger charge is -2.04. The minimum absolute atomic E-state index is 0.331. The Balaban J connectivity index is 3.40. The maximum atomic E-state index is 10.0. The number of aliphatic hydroxyl groups excluding tert-OH is 1. The number of hydrogen-bond donors (Lipinski definition) is 1. The Hall–Kier alpha value is -0.640. The SMILES string of the molecule is C[C@H](O)CC[C@@H](C)[N+](=O)[O-]. The summed E-state index contributed by atoms with van der Waals surface area (Å²) >= 11 is 0. The molecule has 4 nitrogen and oxygen atoms in total. The van der Waals surface area contributed by atoms with Gasteiger partial charge in [0.15, 0.2) is 0 Å². The van der Waals surface area contributed by atoms with Gasteiger partial charge in [0.1, 0.15) is 0 Å². The molecule has 0 radical (unpaired) electrons. The Kier molecular flexibility index (Phi) is 3.95. The van der Waals surface area contributed by atoms with Crippen LogP contribution in [-0.2, 0) is 0 Å². The summed E-state index contributed by atoms with van der Waals surface area (Å²) in [6.45, 7) is 3.18. The van der Waals surface area contributed by atoms with Crippen LogP contribution in [0.3, 0.4) is 0 Å². The highest BCUT2D eigenvalue weighted by molar-refractivity contribution is 4.52. The summed E-state index contributed by atoms with van der Waals surface area (Å²) < 4.78 is 0. The van der Waals surface area contributed by atoms with Gasteiger partial charge in [0, 0.05) is 18.3 Å². The predicted octanol–water partition coefficient (Wildman–Crippen LogP) is 0.813. The van der Waals surface area contributed by atoms with Gasteiger partial charge in [-0.2, -0.15) is 0 Å². The van der Waals surface area contributed by atoms with E-state index in [9.17, 15) is 10.1 Å². The quantitative estimate of drug-likeness (QED) is 0.472. The monoisotopic (exact) mass is 147 g/mol. The fourth-order valence-electron chi connectivity index (χ4n) is 0.588. The van der Waals surface area contributed by atoms with Crippen LogP contribution in [0.4, 0.5) is 0 Å². The molecule has 0 spiro atoms. The van der Waals surface area contributed by atoms with Crippen LogP contribution in [0.25, 0.3) is 0 Å². The average molecular weight is 147 g/mol. The topological polar surface area (TPSA) is 63.4 Å². The first-order valence-electron chi connectivity index (χ1n) is 3.35. The van der Waals surface area contributed by atoms with Crippen LogP contribution in [0.15, 0.2) is 0 Å². The molecule has 0 aromatic heterocycles. The summed E-state index contributed by atoms with van der Waals surface area (Å²) in [5, 5.41) is 18.8. The van der Waals surface area contributed by atoms with Gasteiger partial charge in [-0.3, -0.25) is 10.1 Å². The van der Waals surface area contributed by atoms with E-state index in [0.717, 1.165) is 0 Å². The zero-order chi connectivity index (χ0) is 8.15. The molecule has 60 valence electrons. The highest BCUT2D eigenvalue weighted by Gasteiger charge is 2.12. The molecule has 2 atom stereocenters. The third-order valence-electron chi connectivity index (χ3n) is 1.36. The van der Waals surface area contributed by atoms with Crippen LogP contribution in [-0.4, -0.2) is 22.2 Å². The molecule has 0 bridgehead atoms. The van der Waals surface area contributed by atoms with Crippen LogP contribution in [0.2, 0.25) is 0 Å². The number of aliphatic hydroxyl groups is 1. The molecule has 0 rings (SSSR count). The number of hydrogen-bond acceptors (Lipinski definition) is 3. The van der Waals surface area contributed by atoms with E-state index in [1.807, 2.05) is 0 Å². The van der Waals surface area contributed by atoms with Crippen LogP contribution >= 0.6 is 0 Å². The molecule has 4 heteroatoms. The van der Waals surface area contributed by atoms with E-state index >= 15 is 0 Å². The molecule has 0 heterocycles. The second kappa shape index (κ2) is 4.22. The predicted molar refractivity (Wildman–Crippen MR) is 37.4 cm³/mol. The van der Waals surface area contributed by atoms with E-state index in [1.165, 1.54) is 0 Å². The molecule has 0 aromatic carbocycles. The molecule has 10 heavy (non-hydrogen) atoms. The van der Waals surface area contributed by atoms with Crippen molar-refractivity contribution in [2.24, 2.45) is 0 Å². The normalized spacial score (nSPS) is 16.3. The lowest BCUT2D eigenvalue weighted by molar-refractivity contribution is -0.519. The van der Waals surface area contributed by atoms with E-state index in [0.29, 0.717) is 12.8 Å². The second-order valence-corrected chi connectivity index (χ2v) is 2.56. The van der Waals surface area contributed by atoms with Crippen molar-refractivity contribution in [1.29, 1.82) is 0 Å². The van der Waals surface area contributed by atoms with Crippen molar-refractivity contribution >= 4 is 0 Å². The standard InChI is InChI=1S/C6H13NO3/c1-5(7(9)10)3-4-6(2)8/h5-6,8H,3-4H2,1-2H3/t5-,6+/m1/s1. The smallest absolute Gasteiger partial charge is 0.210 e. The lowest BCUT2D eigenvalue weighted by Crippen LogP contribution is -2.16. The van der Waals surface area contributed by atoms with Gasteiger partial charge in [-0.1, -0.05) is 0 Å². The van der Waals surface area contributed by atoms with E-state index in [4.69, 9.17) is 5.11 Å². The van der Waals surface area contributed by atoms with Crippen molar-refractivity contribution in [2.75, 3.05) is 0 Å². The number of nitro groups is 1. The summed E-state index contributed by atoms with van der Waals surface area (Å²) in [6.07, 6.45) is 0.523. The van der Waals surface area contributed by atoms with Crippen molar-refractivity contribution in [3.05, 3.63) is 10.1 Å². The van der Waals surface area contributed by atoms with Crippen molar-refractivity contribution in [1.82, 2.24) is 0 Å². The first-order valence-corrected chi connectivity index (χ1v) is 3.35. The van der Waals surface area contributed by atoms with Crippen molar-refractivity contribution in [3.63, 3.8) is 0 Å². The van der Waals surface area contributed by atoms with Crippen LogP contribution < -0.4 is 0 Å². The van der Waals surface area contributed by atoms with Gasteiger partial charge >= 0.3 is 0 Å². The third-order valence-corrected chi connectivity index (χ3v) is 1.36. The molecule has 1 N–H and O–H groups in total. The molecule has 0 unspecified atom stereocenters. The summed E-state index contributed by atoms with van der Waals surface area (Å²) in [4.78, 5) is 9.70. The van der Waals surface area contributed by atoms with Gasteiger partial charge in [-0.05, 0) is 13.3 Å². The average Bonchev–Trinajstić information content (AvgIpc) is 1.82. The maximum Gasteiger partial charge on any atom is 0.210 e. The molecular formula is C6H13NO3. The highest BCUT2D eigenvalue weighted by Crippen LogP contribution is 2.02. The van der Waals surface area contributed by atoms with Gasteiger partial charge in [-0.15, -0.1) is 0 Å². The van der Waals surface area contributed by atoms with Gasteiger partial charge in [0.25, 0.3) is 0 Å². The highest BCUT2D eigenvalue weighted by atomic mass is 16.6. The van der Waals surface area contributed by atoms with E-state index < -0.39 is 12.1 Å². The first kappa shape index (κ1) is 9.36. The molecule has 0 aliphatic rings. The van der Waals surface area contributed by atoms with Gasteiger partial charge in [0.05, 0.1) is 6.10 Å². The minimum atomic E-state index is -0.533. The fraction of sp³-hybridized carbons (Fsp3) is 1.00. The zero-order valence-electron chi connectivity index (χ0n) is 6.28. The van der Waals surface area contributed by atoms with Crippen LogP contribution in [0.1, 0.15) is 26.7 Å². The minimum Gasteiger partial charge on any atom is -0.393 e. The summed E-state index contributed by atoms with van der Waals surface area (Å²) in [6, 6.07) is -0.533. The van der Waals surface area contributed by atoms with E-state index in [-0.39, 0.29) is 4.92 Å². The first-order chi connectivity index (χ1) is 4.54. The number of nitrogens with zero attached hydrogens (tertiary/aromatic N) is 1. The largest absolute Gasteiger partial charge is 0.393 e. The van der Waals surface area contributed by atoms with E-state index in [2.05, 4.69) is 0 Å². The molecule has 0 amide bonds. The molecule has 0 aliphatic carbocycles. The fourth-order valence-corrected chi connectivity index (χ4v) is 0.588. The Labute approximate surface area is 60.0 Å². The Morgan fingerprint density at radius 2 is 2.00 bits per heavy atom. The van der Waals surface area contributed by atoms with Crippen molar-refractivity contribution in [2.45, 2.75) is 38.8 Å². The molecule has 0 fully saturated rings. The van der Waals surface area contributed by atoms with Crippen LogP contribution in [0, 0.1) is 10.1 Å². The molecular weight excluding hydrogens is 134 g/mol. The molecule has 0 aromatic rings. The van der Waals surface area contributed by atoms with Gasteiger partial charge in [0.2, 0.25) is 6.04 Å². The van der Waals surface area contributed by atoms with Gasteiger partial charge in [-0.25, -0.2) is 0 Å². The third kappa shape index (κ3) is 4.26. The van der Waals surface area contributed by atoms with Crippen molar-refractivity contribution in [3.8, 4) is 0 Å². The Morgan fingerprint density at radius 1 is 1.50 bits per heavy atom. The Morgan fingerprint density at radius 3 is 2.30 bits per heavy atom. The van der Waals surface area contributed by atoms with E-state index in [1.54, 1.807) is 13.8 Å². The van der Waals surface area contributed by atoms with Crippen LogP contribution in [0.5, 0.6) is 0 Å². The lowest BCUT2D eigenvalue weighted by atomic mass is 10.1.